The standard InChI is InChI=1S/C16H11ClN4O/c1-22-15-7-6-10(8-12(15)17)19-16-11-4-2-3-5-13(11)20-21-14(16)9-18/h2-8H,1H3,(H,19,20). The van der Waals surface area contributed by atoms with Crippen molar-refractivity contribution >= 4 is 33.9 Å². The minimum absolute atomic E-state index is 0.227. The lowest BCUT2D eigenvalue weighted by atomic mass is 10.1. The van der Waals surface area contributed by atoms with Gasteiger partial charge in [0.05, 0.1) is 23.3 Å². The third-order valence-corrected chi connectivity index (χ3v) is 3.49. The van der Waals surface area contributed by atoms with Gasteiger partial charge in [0.25, 0.3) is 0 Å². The van der Waals surface area contributed by atoms with Crippen molar-refractivity contribution in [3.05, 3.63) is 53.2 Å². The number of nitrogens with zero attached hydrogens (tertiary/aromatic N) is 3. The molecular formula is C16H11ClN4O. The van der Waals surface area contributed by atoms with Gasteiger partial charge in [-0.15, -0.1) is 10.2 Å². The zero-order chi connectivity index (χ0) is 15.5. The molecule has 0 spiro atoms. The lowest BCUT2D eigenvalue weighted by Crippen LogP contribution is -2.00. The van der Waals surface area contributed by atoms with Crippen molar-refractivity contribution < 1.29 is 4.74 Å². The molecule has 0 aliphatic carbocycles. The van der Waals surface area contributed by atoms with Crippen LogP contribution in [0.15, 0.2) is 42.5 Å². The van der Waals surface area contributed by atoms with Gasteiger partial charge in [-0.1, -0.05) is 29.8 Å². The maximum Gasteiger partial charge on any atom is 0.187 e. The van der Waals surface area contributed by atoms with Gasteiger partial charge >= 0.3 is 0 Å². The number of ether oxygens (including phenoxy) is 1. The maximum atomic E-state index is 9.25. The van der Waals surface area contributed by atoms with E-state index in [1.165, 1.54) is 0 Å². The lowest BCUT2D eigenvalue weighted by Gasteiger charge is -2.11. The van der Waals surface area contributed by atoms with Crippen molar-refractivity contribution in [1.29, 1.82) is 5.26 Å². The Hall–Kier alpha value is -2.84. The molecule has 1 heterocycles. The van der Waals surface area contributed by atoms with Gasteiger partial charge in [-0.2, -0.15) is 5.26 Å². The Morgan fingerprint density at radius 3 is 2.73 bits per heavy atom. The highest BCUT2D eigenvalue weighted by atomic mass is 35.5. The molecular weight excluding hydrogens is 300 g/mol. The van der Waals surface area contributed by atoms with Gasteiger partial charge in [0.2, 0.25) is 0 Å². The topological polar surface area (TPSA) is 70.8 Å². The first kappa shape index (κ1) is 14.1. The fraction of sp³-hybridized carbons (Fsp3) is 0.0625. The van der Waals surface area contributed by atoms with Crippen LogP contribution in [0.5, 0.6) is 5.75 Å². The largest absolute Gasteiger partial charge is 0.495 e. The van der Waals surface area contributed by atoms with Crippen LogP contribution in [0, 0.1) is 11.3 Å². The first-order chi connectivity index (χ1) is 10.7. The number of benzene rings is 2. The number of nitriles is 1. The summed E-state index contributed by atoms with van der Waals surface area (Å²) in [6.07, 6.45) is 0. The molecule has 0 atom stereocenters. The molecule has 0 aliphatic rings. The molecule has 0 aliphatic heterocycles. The van der Waals surface area contributed by atoms with E-state index in [9.17, 15) is 5.26 Å². The number of methoxy groups -OCH3 is 1. The molecule has 0 unspecified atom stereocenters. The number of aromatic nitrogens is 2. The summed E-state index contributed by atoms with van der Waals surface area (Å²) in [7, 11) is 1.56. The summed E-state index contributed by atoms with van der Waals surface area (Å²) in [6, 6.07) is 14.9. The van der Waals surface area contributed by atoms with Gasteiger partial charge in [-0.05, 0) is 24.3 Å². The SMILES string of the molecule is COc1ccc(Nc2c(C#N)nnc3ccccc23)cc1Cl. The number of fused-ring (bicyclic) bond motifs is 1. The molecule has 0 saturated heterocycles. The van der Waals surface area contributed by atoms with Gasteiger partial charge in [-0.3, -0.25) is 0 Å². The molecule has 3 rings (SSSR count). The van der Waals surface area contributed by atoms with Crippen LogP contribution in [-0.4, -0.2) is 17.3 Å². The monoisotopic (exact) mass is 310 g/mol. The van der Waals surface area contributed by atoms with Gasteiger partial charge in [-0.25, -0.2) is 0 Å². The quantitative estimate of drug-likeness (QED) is 0.794. The van der Waals surface area contributed by atoms with Crippen LogP contribution < -0.4 is 10.1 Å². The zero-order valence-corrected chi connectivity index (χ0v) is 12.4. The first-order valence-corrected chi connectivity index (χ1v) is 6.87. The molecule has 0 saturated carbocycles. The predicted molar refractivity (Wildman–Crippen MR) is 85.5 cm³/mol. The molecule has 1 N–H and O–H groups in total. The van der Waals surface area contributed by atoms with Crippen molar-refractivity contribution in [3.63, 3.8) is 0 Å². The average molecular weight is 311 g/mol. The average Bonchev–Trinajstić information content (AvgIpc) is 2.55. The van der Waals surface area contributed by atoms with E-state index in [-0.39, 0.29) is 5.69 Å². The second kappa shape index (κ2) is 5.88. The number of rotatable bonds is 3. The third-order valence-electron chi connectivity index (χ3n) is 3.19. The van der Waals surface area contributed by atoms with Crippen LogP contribution in [0.2, 0.25) is 5.02 Å². The fourth-order valence-electron chi connectivity index (χ4n) is 2.15. The molecule has 2 aromatic carbocycles. The summed E-state index contributed by atoms with van der Waals surface area (Å²) in [4.78, 5) is 0. The Morgan fingerprint density at radius 1 is 1.18 bits per heavy atom. The Morgan fingerprint density at radius 2 is 2.00 bits per heavy atom. The summed E-state index contributed by atoms with van der Waals surface area (Å²) >= 11 is 6.13. The van der Waals surface area contributed by atoms with E-state index in [1.54, 1.807) is 19.2 Å². The van der Waals surface area contributed by atoms with Gasteiger partial charge < -0.3 is 10.1 Å². The summed E-state index contributed by atoms with van der Waals surface area (Å²) in [6.45, 7) is 0. The van der Waals surface area contributed by atoms with Crippen LogP contribution >= 0.6 is 11.6 Å². The fourth-order valence-corrected chi connectivity index (χ4v) is 2.40. The minimum Gasteiger partial charge on any atom is -0.495 e. The molecule has 0 amide bonds. The van der Waals surface area contributed by atoms with Crippen LogP contribution in [0.25, 0.3) is 10.9 Å². The Kier molecular flexibility index (Phi) is 3.77. The van der Waals surface area contributed by atoms with Gasteiger partial charge in [0.15, 0.2) is 5.69 Å². The summed E-state index contributed by atoms with van der Waals surface area (Å²) < 4.78 is 5.13. The first-order valence-electron chi connectivity index (χ1n) is 6.49. The molecule has 5 nitrogen and oxygen atoms in total. The van der Waals surface area contributed by atoms with E-state index in [2.05, 4.69) is 21.6 Å². The van der Waals surface area contributed by atoms with E-state index in [0.717, 1.165) is 11.1 Å². The summed E-state index contributed by atoms with van der Waals surface area (Å²) in [5, 5.41) is 21.7. The molecule has 108 valence electrons. The second-order valence-electron chi connectivity index (χ2n) is 4.53. The smallest absolute Gasteiger partial charge is 0.187 e. The normalized spacial score (nSPS) is 10.2. The van der Waals surface area contributed by atoms with Gasteiger partial charge in [0.1, 0.15) is 11.8 Å². The number of halogens is 1. The van der Waals surface area contributed by atoms with Crippen LogP contribution in [0.3, 0.4) is 0 Å². The van der Waals surface area contributed by atoms with E-state index >= 15 is 0 Å². The number of hydrogen-bond acceptors (Lipinski definition) is 5. The van der Waals surface area contributed by atoms with Crippen LogP contribution in [-0.2, 0) is 0 Å². The summed E-state index contributed by atoms with van der Waals surface area (Å²) in [5.41, 5.74) is 2.28. The van der Waals surface area contributed by atoms with Crippen LogP contribution in [0.4, 0.5) is 11.4 Å². The van der Waals surface area contributed by atoms with Crippen molar-refractivity contribution in [1.82, 2.24) is 10.2 Å². The van der Waals surface area contributed by atoms with Crippen molar-refractivity contribution in [2.24, 2.45) is 0 Å². The van der Waals surface area contributed by atoms with E-state index in [0.29, 0.717) is 22.0 Å². The minimum atomic E-state index is 0.227. The van der Waals surface area contributed by atoms with Crippen molar-refractivity contribution in [3.8, 4) is 11.8 Å². The van der Waals surface area contributed by atoms with E-state index < -0.39 is 0 Å². The molecule has 22 heavy (non-hydrogen) atoms. The highest BCUT2D eigenvalue weighted by Crippen LogP contribution is 2.31. The molecule has 0 radical (unpaired) electrons. The number of anilines is 2. The molecule has 1 aromatic heterocycles. The number of nitrogens with one attached hydrogen (secondary N) is 1. The van der Waals surface area contributed by atoms with Crippen LogP contribution in [0.1, 0.15) is 5.69 Å². The second-order valence-corrected chi connectivity index (χ2v) is 4.93. The Balaban J connectivity index is 2.10. The van der Waals surface area contributed by atoms with Crippen molar-refractivity contribution in [2.45, 2.75) is 0 Å². The van der Waals surface area contributed by atoms with E-state index in [4.69, 9.17) is 16.3 Å². The Labute approximate surface area is 132 Å². The molecule has 0 fully saturated rings. The zero-order valence-electron chi connectivity index (χ0n) is 11.7. The predicted octanol–water partition coefficient (Wildman–Crippen LogP) is 3.91. The molecule has 6 heteroatoms. The van der Waals surface area contributed by atoms with Crippen molar-refractivity contribution in [2.75, 3.05) is 12.4 Å². The lowest BCUT2D eigenvalue weighted by molar-refractivity contribution is 0.415. The third kappa shape index (κ3) is 2.52. The number of hydrogen-bond donors (Lipinski definition) is 1. The highest BCUT2D eigenvalue weighted by Gasteiger charge is 2.11. The Bertz CT molecular complexity index is 889. The molecule has 0 bridgehead atoms. The van der Waals surface area contributed by atoms with E-state index in [1.807, 2.05) is 30.3 Å². The highest BCUT2D eigenvalue weighted by molar-refractivity contribution is 6.32. The maximum absolute atomic E-state index is 9.25. The van der Waals surface area contributed by atoms with Gasteiger partial charge in [0, 0.05) is 11.1 Å². The summed E-state index contributed by atoms with van der Waals surface area (Å²) in [5.74, 6) is 0.588. The molecule has 3 aromatic rings.